The fourth-order valence-electron chi connectivity index (χ4n) is 4.48. The van der Waals surface area contributed by atoms with Gasteiger partial charge in [-0.1, -0.05) is 49.0 Å². The maximum absolute atomic E-state index is 12.1. The number of nitrogens with one attached hydrogen (secondary N) is 1. The van der Waals surface area contributed by atoms with Gasteiger partial charge in [0, 0.05) is 42.9 Å². The fourth-order valence-corrected chi connectivity index (χ4v) is 4.48. The van der Waals surface area contributed by atoms with E-state index in [0.29, 0.717) is 34.8 Å². The summed E-state index contributed by atoms with van der Waals surface area (Å²) in [4.78, 5) is 23.3. The number of morpholine rings is 1. The van der Waals surface area contributed by atoms with Crippen molar-refractivity contribution in [3.8, 4) is 11.5 Å². The smallest absolute Gasteiger partial charge is 0.335 e. The van der Waals surface area contributed by atoms with Crippen molar-refractivity contribution in [2.24, 2.45) is 0 Å². The Morgan fingerprint density at radius 3 is 2.54 bits per heavy atom. The first-order valence-electron chi connectivity index (χ1n) is 13.1. The van der Waals surface area contributed by atoms with E-state index in [1.165, 1.54) is 17.5 Å². The van der Waals surface area contributed by atoms with E-state index in [1.54, 1.807) is 12.1 Å². The van der Waals surface area contributed by atoms with Crippen LogP contribution in [0.25, 0.3) is 10.9 Å². The van der Waals surface area contributed by atoms with Crippen molar-refractivity contribution in [1.29, 1.82) is 0 Å². The van der Waals surface area contributed by atoms with Gasteiger partial charge in [0.15, 0.2) is 11.5 Å². The Hall–Kier alpha value is -4.27. The normalized spacial score (nSPS) is 13.6. The minimum absolute atomic E-state index is 0.301. The molecule has 1 N–H and O–H groups in total. The standard InChI is InChI=1S/C31H32N4O4/c1-2-30(36)39-29-20-26-27(21-28(29)38-16-6-13-35-14-17-37-18-15-35)32-22-33-31(26)34-25-11-9-24(10-12-25)19-23-7-4-3-5-8-23/h2-5,7-12,20-22H,1,6,13-19H2,(H,32,33,34). The van der Waals surface area contributed by atoms with Crippen LogP contribution < -0.4 is 14.8 Å². The summed E-state index contributed by atoms with van der Waals surface area (Å²) in [6.07, 6.45) is 4.34. The van der Waals surface area contributed by atoms with Crippen LogP contribution in [0.1, 0.15) is 17.5 Å². The van der Waals surface area contributed by atoms with Crippen LogP contribution in [0.3, 0.4) is 0 Å². The van der Waals surface area contributed by atoms with Gasteiger partial charge in [0.2, 0.25) is 0 Å². The zero-order valence-electron chi connectivity index (χ0n) is 21.8. The van der Waals surface area contributed by atoms with Crippen molar-refractivity contribution < 1.29 is 19.0 Å². The summed E-state index contributed by atoms with van der Waals surface area (Å²) >= 11 is 0. The Balaban J connectivity index is 1.31. The summed E-state index contributed by atoms with van der Waals surface area (Å²) < 4.78 is 17.0. The van der Waals surface area contributed by atoms with E-state index in [2.05, 4.69) is 51.0 Å². The average molecular weight is 525 g/mol. The molecule has 3 aromatic carbocycles. The van der Waals surface area contributed by atoms with Gasteiger partial charge in [-0.2, -0.15) is 0 Å². The number of carbonyl (C=O) groups excluding carboxylic acids is 1. The minimum Gasteiger partial charge on any atom is -0.490 e. The fraction of sp³-hybridized carbons (Fsp3) is 0.258. The summed E-state index contributed by atoms with van der Waals surface area (Å²) in [5, 5.41) is 4.08. The van der Waals surface area contributed by atoms with Crippen molar-refractivity contribution in [1.82, 2.24) is 14.9 Å². The molecule has 5 rings (SSSR count). The SMILES string of the molecule is C=CC(=O)Oc1cc2c(Nc3ccc(Cc4ccccc4)cc3)ncnc2cc1OCCCN1CCOCC1. The van der Waals surface area contributed by atoms with Crippen molar-refractivity contribution in [2.45, 2.75) is 12.8 Å². The third-order valence-electron chi connectivity index (χ3n) is 6.53. The van der Waals surface area contributed by atoms with Gasteiger partial charge >= 0.3 is 5.97 Å². The van der Waals surface area contributed by atoms with E-state index in [4.69, 9.17) is 14.2 Å². The van der Waals surface area contributed by atoms with Crippen LogP contribution in [0.5, 0.6) is 11.5 Å². The number of rotatable bonds is 11. The highest BCUT2D eigenvalue weighted by molar-refractivity contribution is 5.94. The number of aromatic nitrogens is 2. The summed E-state index contributed by atoms with van der Waals surface area (Å²) in [5.74, 6) is 0.794. The van der Waals surface area contributed by atoms with Crippen LogP contribution in [0, 0.1) is 0 Å². The molecule has 0 unspecified atom stereocenters. The number of ether oxygens (including phenoxy) is 3. The zero-order chi connectivity index (χ0) is 26.9. The molecule has 200 valence electrons. The van der Waals surface area contributed by atoms with Crippen molar-refractivity contribution >= 4 is 28.4 Å². The lowest BCUT2D eigenvalue weighted by Crippen LogP contribution is -2.37. The second kappa shape index (κ2) is 13.0. The predicted octanol–water partition coefficient (Wildman–Crippen LogP) is 5.16. The molecule has 8 heteroatoms. The van der Waals surface area contributed by atoms with E-state index in [1.807, 2.05) is 30.3 Å². The van der Waals surface area contributed by atoms with Gasteiger partial charge in [0.05, 0.1) is 25.3 Å². The first-order chi connectivity index (χ1) is 19.2. The number of fused-ring (bicyclic) bond motifs is 1. The average Bonchev–Trinajstić information content (AvgIpc) is 2.98. The number of esters is 1. The summed E-state index contributed by atoms with van der Waals surface area (Å²) in [6, 6.07) is 22.1. The lowest BCUT2D eigenvalue weighted by Gasteiger charge is -2.26. The molecule has 4 aromatic rings. The Labute approximate surface area is 228 Å². The number of benzene rings is 3. The highest BCUT2D eigenvalue weighted by Gasteiger charge is 2.15. The molecule has 0 saturated carbocycles. The maximum Gasteiger partial charge on any atom is 0.335 e. The van der Waals surface area contributed by atoms with E-state index in [-0.39, 0.29) is 0 Å². The van der Waals surface area contributed by atoms with Crippen molar-refractivity contribution in [3.63, 3.8) is 0 Å². The second-order valence-electron chi connectivity index (χ2n) is 9.30. The van der Waals surface area contributed by atoms with Gasteiger partial charge in [-0.25, -0.2) is 14.8 Å². The van der Waals surface area contributed by atoms with Crippen LogP contribution in [-0.4, -0.2) is 60.3 Å². The van der Waals surface area contributed by atoms with Crippen molar-refractivity contribution in [2.75, 3.05) is 44.8 Å². The maximum atomic E-state index is 12.1. The van der Waals surface area contributed by atoms with Crippen LogP contribution in [0.2, 0.25) is 0 Å². The van der Waals surface area contributed by atoms with Crippen LogP contribution in [0.4, 0.5) is 11.5 Å². The van der Waals surface area contributed by atoms with E-state index in [9.17, 15) is 4.79 Å². The summed E-state index contributed by atoms with van der Waals surface area (Å²) in [6.45, 7) is 8.30. The van der Waals surface area contributed by atoms with Crippen molar-refractivity contribution in [3.05, 3.63) is 96.8 Å². The molecule has 1 fully saturated rings. The van der Waals surface area contributed by atoms with E-state index >= 15 is 0 Å². The van der Waals surface area contributed by atoms with Gasteiger partial charge in [-0.15, -0.1) is 0 Å². The summed E-state index contributed by atoms with van der Waals surface area (Å²) in [5.41, 5.74) is 4.05. The molecule has 1 aliphatic heterocycles. The molecular formula is C31H32N4O4. The molecule has 2 heterocycles. The topological polar surface area (TPSA) is 85.8 Å². The largest absolute Gasteiger partial charge is 0.490 e. The number of carbonyl (C=O) groups is 1. The quantitative estimate of drug-likeness (QED) is 0.125. The first-order valence-corrected chi connectivity index (χ1v) is 13.1. The predicted molar refractivity (Wildman–Crippen MR) is 152 cm³/mol. The van der Waals surface area contributed by atoms with Crippen LogP contribution >= 0.6 is 0 Å². The molecule has 0 bridgehead atoms. The van der Waals surface area contributed by atoms with Gasteiger partial charge < -0.3 is 19.5 Å². The molecule has 1 saturated heterocycles. The number of hydrogen-bond acceptors (Lipinski definition) is 8. The molecule has 0 radical (unpaired) electrons. The molecule has 1 aliphatic rings. The minimum atomic E-state index is -0.562. The number of hydrogen-bond donors (Lipinski definition) is 1. The molecule has 0 atom stereocenters. The molecule has 0 aliphatic carbocycles. The molecular weight excluding hydrogens is 492 g/mol. The third kappa shape index (κ3) is 7.19. The summed E-state index contributed by atoms with van der Waals surface area (Å²) in [7, 11) is 0. The molecule has 39 heavy (non-hydrogen) atoms. The first kappa shape index (κ1) is 26.3. The zero-order valence-corrected chi connectivity index (χ0v) is 21.8. The number of anilines is 2. The van der Waals surface area contributed by atoms with Gasteiger partial charge in [0.1, 0.15) is 12.1 Å². The molecule has 0 amide bonds. The Morgan fingerprint density at radius 1 is 1.00 bits per heavy atom. The van der Waals surface area contributed by atoms with Crippen LogP contribution in [-0.2, 0) is 16.0 Å². The monoisotopic (exact) mass is 524 g/mol. The lowest BCUT2D eigenvalue weighted by molar-refractivity contribution is -0.129. The number of nitrogens with zero attached hydrogens (tertiary/aromatic N) is 3. The highest BCUT2D eigenvalue weighted by atomic mass is 16.6. The Morgan fingerprint density at radius 2 is 1.77 bits per heavy atom. The van der Waals surface area contributed by atoms with E-state index < -0.39 is 5.97 Å². The third-order valence-corrected chi connectivity index (χ3v) is 6.53. The van der Waals surface area contributed by atoms with Gasteiger partial charge in [-0.05, 0) is 42.2 Å². The Bertz CT molecular complexity index is 1400. The van der Waals surface area contributed by atoms with Crippen LogP contribution in [0.15, 0.2) is 85.7 Å². The lowest BCUT2D eigenvalue weighted by atomic mass is 10.0. The van der Waals surface area contributed by atoms with E-state index in [0.717, 1.165) is 57.5 Å². The highest BCUT2D eigenvalue weighted by Crippen LogP contribution is 2.35. The molecule has 1 aromatic heterocycles. The Kier molecular flexibility index (Phi) is 8.78. The molecule has 0 spiro atoms. The van der Waals surface area contributed by atoms with Gasteiger partial charge in [0.25, 0.3) is 0 Å². The second-order valence-corrected chi connectivity index (χ2v) is 9.30. The molecule has 8 nitrogen and oxygen atoms in total. The van der Waals surface area contributed by atoms with Gasteiger partial charge in [-0.3, -0.25) is 4.90 Å².